The fourth-order valence-electron chi connectivity index (χ4n) is 1.32. The third kappa shape index (κ3) is 3.09. The Morgan fingerprint density at radius 1 is 1.16 bits per heavy atom. The van der Waals surface area contributed by atoms with Gasteiger partial charge in [0.05, 0.1) is 26.8 Å². The molecule has 8 heteroatoms. The monoisotopic (exact) mass is 318 g/mol. The van der Waals surface area contributed by atoms with Crippen LogP contribution >= 0.6 is 23.2 Å². The number of benzene rings is 1. The second kappa shape index (κ2) is 5.24. The summed E-state index contributed by atoms with van der Waals surface area (Å²) < 4.78 is 26.4. The molecule has 1 aromatic carbocycles. The Morgan fingerprint density at radius 3 is 2.53 bits per heavy atom. The molecule has 0 radical (unpaired) electrons. The molecule has 0 bridgehead atoms. The van der Waals surface area contributed by atoms with Gasteiger partial charge in [0.15, 0.2) is 5.75 Å². The summed E-state index contributed by atoms with van der Waals surface area (Å²) in [6.07, 6.45) is 2.49. The average Bonchev–Trinajstić information content (AvgIpc) is 2.35. The van der Waals surface area contributed by atoms with Crippen molar-refractivity contribution < 1.29 is 13.5 Å². The van der Waals surface area contributed by atoms with E-state index >= 15 is 0 Å². The molecule has 0 aliphatic heterocycles. The highest BCUT2D eigenvalue weighted by atomic mass is 35.5. The zero-order chi connectivity index (χ0) is 14.0. The zero-order valence-corrected chi connectivity index (χ0v) is 11.7. The van der Waals surface area contributed by atoms with E-state index in [0.29, 0.717) is 0 Å². The van der Waals surface area contributed by atoms with E-state index in [1.807, 2.05) is 0 Å². The van der Waals surface area contributed by atoms with Crippen LogP contribution in [-0.2, 0) is 10.0 Å². The Bertz CT molecular complexity index is 720. The van der Waals surface area contributed by atoms with Crippen LogP contribution in [0.1, 0.15) is 0 Å². The highest BCUT2D eigenvalue weighted by molar-refractivity contribution is 7.92. The van der Waals surface area contributed by atoms with Crippen LogP contribution in [0.25, 0.3) is 0 Å². The van der Waals surface area contributed by atoms with E-state index in [9.17, 15) is 13.5 Å². The highest BCUT2D eigenvalue weighted by Gasteiger charge is 2.17. The van der Waals surface area contributed by atoms with Crippen molar-refractivity contribution in [2.24, 2.45) is 0 Å². The smallest absolute Gasteiger partial charge is 0.262 e. The highest BCUT2D eigenvalue weighted by Crippen LogP contribution is 2.28. The largest absolute Gasteiger partial charge is 0.504 e. The molecule has 0 spiro atoms. The molecule has 0 fully saturated rings. The first-order valence-electron chi connectivity index (χ1n) is 5.01. The van der Waals surface area contributed by atoms with Crippen molar-refractivity contribution in [2.45, 2.75) is 4.90 Å². The van der Waals surface area contributed by atoms with E-state index < -0.39 is 10.0 Å². The second-order valence-corrected chi connectivity index (χ2v) is 6.07. The maximum Gasteiger partial charge on any atom is 0.262 e. The van der Waals surface area contributed by atoms with Crippen molar-refractivity contribution in [2.75, 3.05) is 4.72 Å². The van der Waals surface area contributed by atoms with Crippen molar-refractivity contribution in [3.8, 4) is 5.75 Å². The minimum absolute atomic E-state index is 0.0288. The minimum Gasteiger partial charge on any atom is -0.504 e. The van der Waals surface area contributed by atoms with Gasteiger partial charge in [0.1, 0.15) is 0 Å². The number of pyridine rings is 1. The Kier molecular flexibility index (Phi) is 3.84. The summed E-state index contributed by atoms with van der Waals surface area (Å²) in [5, 5.41) is 9.87. The lowest BCUT2D eigenvalue weighted by Crippen LogP contribution is -2.13. The summed E-state index contributed by atoms with van der Waals surface area (Å²) >= 11 is 11.5. The minimum atomic E-state index is -3.86. The van der Waals surface area contributed by atoms with E-state index in [-0.39, 0.29) is 26.4 Å². The molecule has 0 aliphatic rings. The molecule has 0 unspecified atom stereocenters. The number of hydrogen-bond donors (Lipinski definition) is 2. The van der Waals surface area contributed by atoms with Crippen molar-refractivity contribution in [1.29, 1.82) is 0 Å². The van der Waals surface area contributed by atoms with Crippen LogP contribution < -0.4 is 4.72 Å². The summed E-state index contributed by atoms with van der Waals surface area (Å²) in [5.74, 6) is -0.272. The predicted molar refractivity (Wildman–Crippen MR) is 73.2 cm³/mol. The van der Waals surface area contributed by atoms with Gasteiger partial charge >= 0.3 is 0 Å². The third-order valence-electron chi connectivity index (χ3n) is 2.25. The molecule has 0 saturated carbocycles. The van der Waals surface area contributed by atoms with Crippen LogP contribution in [-0.4, -0.2) is 18.5 Å². The van der Waals surface area contributed by atoms with Crippen LogP contribution in [0.15, 0.2) is 41.6 Å². The summed E-state index contributed by atoms with van der Waals surface area (Å²) in [7, 11) is -3.86. The topological polar surface area (TPSA) is 79.3 Å². The number of anilines is 1. The maximum absolute atomic E-state index is 12.1. The van der Waals surface area contributed by atoms with Crippen LogP contribution in [0.4, 0.5) is 5.69 Å². The number of halogens is 2. The SMILES string of the molecule is O=S(=O)(Nc1ccncc1O)c1ccc(Cl)c(Cl)c1. The molecule has 19 heavy (non-hydrogen) atoms. The first kappa shape index (κ1) is 13.9. The number of nitrogens with one attached hydrogen (secondary N) is 1. The lowest BCUT2D eigenvalue weighted by Gasteiger charge is -2.09. The van der Waals surface area contributed by atoms with Crippen LogP contribution in [0, 0.1) is 0 Å². The van der Waals surface area contributed by atoms with Gasteiger partial charge in [0.2, 0.25) is 0 Å². The molecular weight excluding hydrogens is 311 g/mol. The number of hydrogen-bond acceptors (Lipinski definition) is 4. The Balaban J connectivity index is 2.38. The average molecular weight is 319 g/mol. The van der Waals surface area contributed by atoms with E-state index in [1.165, 1.54) is 30.5 Å². The fraction of sp³-hybridized carbons (Fsp3) is 0. The molecular formula is C11H8Cl2N2O3S. The van der Waals surface area contributed by atoms with Crippen molar-refractivity contribution >= 4 is 38.9 Å². The number of aromatic nitrogens is 1. The molecule has 0 amide bonds. The van der Waals surface area contributed by atoms with Gasteiger partial charge in [-0.15, -0.1) is 0 Å². The lowest BCUT2D eigenvalue weighted by molar-refractivity contribution is 0.475. The summed E-state index contributed by atoms with van der Waals surface area (Å²) in [6.45, 7) is 0. The summed E-state index contributed by atoms with van der Waals surface area (Å²) in [4.78, 5) is 3.59. The molecule has 100 valence electrons. The molecule has 5 nitrogen and oxygen atoms in total. The van der Waals surface area contributed by atoms with Crippen LogP contribution in [0.3, 0.4) is 0 Å². The number of nitrogens with zero attached hydrogens (tertiary/aromatic N) is 1. The molecule has 0 saturated heterocycles. The molecule has 0 aliphatic carbocycles. The Morgan fingerprint density at radius 2 is 1.89 bits per heavy atom. The zero-order valence-electron chi connectivity index (χ0n) is 9.34. The van der Waals surface area contributed by atoms with Crippen molar-refractivity contribution in [1.82, 2.24) is 4.98 Å². The van der Waals surface area contributed by atoms with Crippen molar-refractivity contribution in [3.63, 3.8) is 0 Å². The van der Waals surface area contributed by atoms with E-state index in [1.54, 1.807) is 0 Å². The lowest BCUT2D eigenvalue weighted by atomic mass is 10.4. The van der Waals surface area contributed by atoms with E-state index in [2.05, 4.69) is 9.71 Å². The van der Waals surface area contributed by atoms with Gasteiger partial charge in [0, 0.05) is 6.20 Å². The van der Waals surface area contributed by atoms with Crippen molar-refractivity contribution in [3.05, 3.63) is 46.7 Å². The molecule has 2 rings (SSSR count). The second-order valence-electron chi connectivity index (χ2n) is 3.57. The summed E-state index contributed by atoms with van der Waals surface area (Å²) in [6, 6.07) is 5.26. The summed E-state index contributed by atoms with van der Waals surface area (Å²) in [5.41, 5.74) is 0.0288. The quantitative estimate of drug-likeness (QED) is 0.912. The first-order chi connectivity index (χ1) is 8.90. The number of rotatable bonds is 3. The normalized spacial score (nSPS) is 11.3. The van der Waals surface area contributed by atoms with Gasteiger partial charge in [-0.1, -0.05) is 23.2 Å². The predicted octanol–water partition coefficient (Wildman–Crippen LogP) is 2.89. The molecule has 0 atom stereocenters. The molecule has 2 N–H and O–H groups in total. The van der Waals surface area contributed by atoms with Gasteiger partial charge in [-0.2, -0.15) is 0 Å². The van der Waals surface area contributed by atoms with Gasteiger partial charge in [-0.3, -0.25) is 9.71 Å². The van der Waals surface area contributed by atoms with Gasteiger partial charge in [-0.05, 0) is 24.3 Å². The van der Waals surface area contributed by atoms with Gasteiger partial charge in [0.25, 0.3) is 10.0 Å². The van der Waals surface area contributed by atoms with E-state index in [0.717, 1.165) is 6.20 Å². The fourth-order valence-corrected chi connectivity index (χ4v) is 2.78. The van der Waals surface area contributed by atoms with Crippen LogP contribution in [0.5, 0.6) is 5.75 Å². The van der Waals surface area contributed by atoms with Gasteiger partial charge < -0.3 is 5.11 Å². The Hall–Kier alpha value is -1.50. The first-order valence-corrected chi connectivity index (χ1v) is 7.25. The molecule has 1 aromatic heterocycles. The Labute approximate surface area is 119 Å². The third-order valence-corrected chi connectivity index (χ3v) is 4.35. The van der Waals surface area contributed by atoms with E-state index in [4.69, 9.17) is 23.2 Å². The molecule has 1 heterocycles. The number of sulfonamides is 1. The van der Waals surface area contributed by atoms with Crippen LogP contribution in [0.2, 0.25) is 10.0 Å². The molecule has 2 aromatic rings. The van der Waals surface area contributed by atoms with Gasteiger partial charge in [-0.25, -0.2) is 8.42 Å². The maximum atomic E-state index is 12.1. The number of aromatic hydroxyl groups is 1. The standard InChI is InChI=1S/C11H8Cl2N2O3S/c12-8-2-1-7(5-9(8)13)19(17,18)15-10-3-4-14-6-11(10)16/h1-6,16H,(H,14,15).